The number of alkyl halides is 1. The summed E-state index contributed by atoms with van der Waals surface area (Å²) >= 11 is 4.04. The number of nitrogens with one attached hydrogen (secondary N) is 1. The van der Waals surface area contributed by atoms with Gasteiger partial charge in [-0.15, -0.1) is 0 Å². The lowest BCUT2D eigenvalue weighted by Gasteiger charge is -1.93. The molecule has 7 heavy (non-hydrogen) atoms. The van der Waals surface area contributed by atoms with Crippen LogP contribution in [-0.2, 0) is 20.1 Å². The van der Waals surface area contributed by atoms with E-state index >= 15 is 0 Å². The van der Waals surface area contributed by atoms with Gasteiger partial charge in [-0.3, -0.25) is 0 Å². The van der Waals surface area contributed by atoms with Gasteiger partial charge in [0.2, 0.25) is 0 Å². The first-order valence-electron chi connectivity index (χ1n) is 1.39. The normalized spacial score (nSPS) is 18.6. The summed E-state index contributed by atoms with van der Waals surface area (Å²) in [5.74, 6) is 0. The van der Waals surface area contributed by atoms with E-state index in [1.807, 2.05) is 0 Å². The van der Waals surface area contributed by atoms with Crippen LogP contribution in [0.1, 0.15) is 0 Å². The molecule has 0 aromatic carbocycles. The Balaban J connectivity index is 3.60. The van der Waals surface area contributed by atoms with Crippen LogP contribution in [-0.4, -0.2) is 11.0 Å². The first-order valence-corrected chi connectivity index (χ1v) is 3.94. The van der Waals surface area contributed by atoms with Crippen molar-refractivity contribution in [1.29, 1.82) is 0 Å². The maximum atomic E-state index is 11.1. The smallest absolute Gasteiger partial charge is 0.152 e. The number of nitrogens with two attached hydrogens (primary N) is 1. The monoisotopic (exact) mass is 144 g/mol. The van der Waals surface area contributed by atoms with E-state index in [1.54, 1.807) is 4.72 Å². The third kappa shape index (κ3) is 6.22. The number of halogens is 1. The summed E-state index contributed by atoms with van der Waals surface area (Å²) in [6.45, 7) is -0.946. The summed E-state index contributed by atoms with van der Waals surface area (Å²) < 4.78 is 22.8. The average molecular weight is 144 g/mol. The van der Waals surface area contributed by atoms with Gasteiger partial charge in [0.15, 0.2) is 15.7 Å². The molecule has 0 aliphatic heterocycles. The summed E-state index contributed by atoms with van der Waals surface area (Å²) in [5, 5.41) is 4.64. The van der Waals surface area contributed by atoms with Gasteiger partial charge in [-0.05, 0) is 0 Å². The van der Waals surface area contributed by atoms with Crippen molar-refractivity contribution in [1.82, 2.24) is 4.72 Å². The van der Waals surface area contributed by atoms with Crippen LogP contribution in [0.3, 0.4) is 0 Å². The van der Waals surface area contributed by atoms with E-state index in [4.69, 9.17) is 0 Å². The zero-order valence-electron chi connectivity index (χ0n) is 3.39. The first kappa shape index (κ1) is 7.22. The Morgan fingerprint density at radius 3 is 2.43 bits per heavy atom. The summed E-state index contributed by atoms with van der Waals surface area (Å²) in [4.78, 5) is 0. The molecule has 0 spiro atoms. The highest BCUT2D eigenvalue weighted by Gasteiger charge is 1.90. The standard InChI is InChI=1S/CH5FN2OS2/c2-1-4-7(3,5)6/h4H,1H2,(H2,3,5,6). The summed E-state index contributed by atoms with van der Waals surface area (Å²) in [6, 6.07) is 0. The minimum Gasteiger partial charge on any atom is -0.238 e. The molecule has 0 heterocycles. The van der Waals surface area contributed by atoms with E-state index in [1.165, 1.54) is 0 Å². The Labute approximate surface area is 46.0 Å². The van der Waals surface area contributed by atoms with Crippen LogP contribution >= 0.6 is 0 Å². The number of rotatable bonds is 2. The zero-order chi connectivity index (χ0) is 5.91. The minimum absolute atomic E-state index is 0.946. The second-order valence-electron chi connectivity index (χ2n) is 0.823. The van der Waals surface area contributed by atoms with Crippen molar-refractivity contribution in [3.8, 4) is 0 Å². The van der Waals surface area contributed by atoms with Crippen LogP contribution in [0.5, 0.6) is 0 Å². The molecule has 0 fully saturated rings. The lowest BCUT2D eigenvalue weighted by Crippen LogP contribution is -2.28. The second kappa shape index (κ2) is 2.51. The van der Waals surface area contributed by atoms with E-state index in [2.05, 4.69) is 16.3 Å². The van der Waals surface area contributed by atoms with Crippen LogP contribution in [0.15, 0.2) is 0 Å². The van der Waals surface area contributed by atoms with Gasteiger partial charge < -0.3 is 0 Å². The van der Waals surface area contributed by atoms with Gasteiger partial charge in [-0.2, -0.15) is 4.72 Å². The molecule has 0 aliphatic carbocycles. The maximum Gasteiger partial charge on any atom is 0.152 e. The van der Waals surface area contributed by atoms with Crippen molar-refractivity contribution in [3.63, 3.8) is 0 Å². The van der Waals surface area contributed by atoms with Gasteiger partial charge in [0.25, 0.3) is 0 Å². The van der Waals surface area contributed by atoms with Crippen molar-refractivity contribution in [2.45, 2.75) is 0 Å². The van der Waals surface area contributed by atoms with Gasteiger partial charge in [0.05, 0.1) is 0 Å². The highest BCUT2D eigenvalue weighted by Crippen LogP contribution is 1.65. The third-order valence-electron chi connectivity index (χ3n) is 0.256. The highest BCUT2D eigenvalue weighted by molar-refractivity contribution is 8.30. The molecule has 3 N–H and O–H groups in total. The van der Waals surface area contributed by atoms with Gasteiger partial charge in [-0.1, -0.05) is 0 Å². The molecule has 6 heteroatoms. The van der Waals surface area contributed by atoms with Gasteiger partial charge >= 0.3 is 0 Å². The molecule has 44 valence electrons. The fourth-order valence-electron chi connectivity index (χ4n) is 0.0760. The van der Waals surface area contributed by atoms with Crippen LogP contribution < -0.4 is 9.86 Å². The molecule has 0 saturated carbocycles. The molecule has 0 saturated heterocycles. The third-order valence-corrected chi connectivity index (χ3v) is 1.12. The van der Waals surface area contributed by atoms with Gasteiger partial charge in [-0.25, -0.2) is 13.7 Å². The SMILES string of the molecule is NS(=O)(=S)NCF. The lowest BCUT2D eigenvalue weighted by molar-refractivity contribution is 0.481. The van der Waals surface area contributed by atoms with Crippen molar-refractivity contribution in [2.75, 3.05) is 6.80 Å². The molecule has 0 amide bonds. The molecule has 1 unspecified atom stereocenters. The highest BCUT2D eigenvalue weighted by atomic mass is 32.8. The molecule has 0 rings (SSSR count). The van der Waals surface area contributed by atoms with E-state index < -0.39 is 15.7 Å². The van der Waals surface area contributed by atoms with E-state index in [9.17, 15) is 8.60 Å². The summed E-state index contributed by atoms with van der Waals surface area (Å²) in [6.07, 6.45) is 0. The van der Waals surface area contributed by atoms with Crippen LogP contribution in [0.2, 0.25) is 0 Å². The van der Waals surface area contributed by atoms with Crippen molar-refractivity contribution < 1.29 is 8.60 Å². The van der Waals surface area contributed by atoms with Crippen molar-refractivity contribution in [3.05, 3.63) is 0 Å². The maximum absolute atomic E-state index is 11.1. The topological polar surface area (TPSA) is 55.1 Å². The molecule has 0 aromatic rings. The quantitative estimate of drug-likeness (QED) is 0.490. The molecule has 0 radical (unpaired) electrons. The molecule has 0 aliphatic rings. The van der Waals surface area contributed by atoms with Crippen LogP contribution in [0.4, 0.5) is 4.39 Å². The van der Waals surface area contributed by atoms with E-state index in [0.29, 0.717) is 0 Å². The minimum atomic E-state index is -2.97. The largest absolute Gasteiger partial charge is 0.238 e. The van der Waals surface area contributed by atoms with Crippen LogP contribution in [0.25, 0.3) is 0 Å². The fourth-order valence-corrected chi connectivity index (χ4v) is 0.362. The fraction of sp³-hybridized carbons (Fsp3) is 1.00. The Hall–Kier alpha value is 0.220. The van der Waals surface area contributed by atoms with Crippen molar-refractivity contribution in [2.24, 2.45) is 5.14 Å². The van der Waals surface area contributed by atoms with E-state index in [0.717, 1.165) is 0 Å². The molecule has 1 atom stereocenters. The zero-order valence-corrected chi connectivity index (χ0v) is 5.02. The van der Waals surface area contributed by atoms with Crippen molar-refractivity contribution >= 4 is 20.1 Å². The molecule has 0 bridgehead atoms. The second-order valence-corrected chi connectivity index (χ2v) is 3.69. The molecule has 0 aromatic heterocycles. The molecular weight excluding hydrogens is 139 g/mol. The van der Waals surface area contributed by atoms with Crippen LogP contribution in [0, 0.1) is 0 Å². The Kier molecular flexibility index (Phi) is 2.59. The molecule has 3 nitrogen and oxygen atoms in total. The summed E-state index contributed by atoms with van der Waals surface area (Å²) in [7, 11) is -2.97. The lowest BCUT2D eigenvalue weighted by atomic mass is 11.5. The number of hydrogen-bond acceptors (Lipinski definition) is 2. The summed E-state index contributed by atoms with van der Waals surface area (Å²) in [5.41, 5.74) is 0. The first-order chi connectivity index (χ1) is 3.06. The Bertz CT molecular complexity index is 129. The molecular formula is CH5FN2OS2. The average Bonchev–Trinajstić information content (AvgIpc) is 1.30. The predicted molar refractivity (Wildman–Crippen MR) is 28.8 cm³/mol. The van der Waals surface area contributed by atoms with Gasteiger partial charge in [0.1, 0.15) is 0 Å². The predicted octanol–water partition coefficient (Wildman–Crippen LogP) is -0.962. The van der Waals surface area contributed by atoms with Gasteiger partial charge in [0, 0.05) is 11.2 Å². The number of hydrogen-bond donors (Lipinski definition) is 2. The Morgan fingerprint density at radius 2 is 2.43 bits per heavy atom. The van der Waals surface area contributed by atoms with E-state index in [-0.39, 0.29) is 0 Å². The Morgan fingerprint density at radius 1 is 2.00 bits per heavy atom.